The Bertz CT molecular complexity index is 838. The molecule has 2 heteroatoms. The first-order valence-electron chi connectivity index (χ1n) is 9.28. The summed E-state index contributed by atoms with van der Waals surface area (Å²) in [6.45, 7) is 7.87. The minimum Gasteiger partial charge on any atom is -0.334 e. The molecule has 1 aliphatic heterocycles. The van der Waals surface area contributed by atoms with Crippen LogP contribution in [-0.4, -0.2) is 9.55 Å². The highest BCUT2D eigenvalue weighted by atomic mass is 15.1. The van der Waals surface area contributed by atoms with Crippen LogP contribution in [-0.2, 0) is 18.4 Å². The molecule has 0 radical (unpaired) electrons. The standard InChI is InChI=1S/C23H26N2/c1-23(2,3)20-13-11-18(12-14-20)17-7-9-19(10-8-17)21-16-25-15-5-4-6-22(25)24-21/h7-14,16H,4-6,15H2,1-3H3. The van der Waals surface area contributed by atoms with E-state index in [9.17, 15) is 0 Å². The quantitative estimate of drug-likeness (QED) is 0.576. The highest BCUT2D eigenvalue weighted by Gasteiger charge is 2.14. The number of aromatic nitrogens is 2. The first-order chi connectivity index (χ1) is 12.0. The van der Waals surface area contributed by atoms with Crippen LogP contribution in [0.1, 0.15) is 45.0 Å². The van der Waals surface area contributed by atoms with E-state index in [0.29, 0.717) is 0 Å². The third kappa shape index (κ3) is 3.26. The predicted octanol–water partition coefficient (Wildman–Crippen LogP) is 5.85. The molecule has 0 bridgehead atoms. The normalized spacial score (nSPS) is 14.4. The van der Waals surface area contributed by atoms with Gasteiger partial charge in [0.25, 0.3) is 0 Å². The molecular weight excluding hydrogens is 304 g/mol. The van der Waals surface area contributed by atoms with Crippen molar-refractivity contribution in [2.75, 3.05) is 0 Å². The van der Waals surface area contributed by atoms with Gasteiger partial charge < -0.3 is 4.57 Å². The molecule has 1 aliphatic rings. The Labute approximate surface area is 150 Å². The van der Waals surface area contributed by atoms with Gasteiger partial charge in [-0.25, -0.2) is 4.98 Å². The van der Waals surface area contributed by atoms with Gasteiger partial charge in [-0.1, -0.05) is 69.3 Å². The zero-order chi connectivity index (χ0) is 17.4. The number of benzene rings is 2. The van der Waals surface area contributed by atoms with Gasteiger partial charge in [0.1, 0.15) is 5.82 Å². The molecule has 2 heterocycles. The van der Waals surface area contributed by atoms with Crippen molar-refractivity contribution in [3.63, 3.8) is 0 Å². The van der Waals surface area contributed by atoms with Crippen LogP contribution in [0, 0.1) is 0 Å². The molecule has 0 fully saturated rings. The summed E-state index contributed by atoms with van der Waals surface area (Å²) >= 11 is 0. The maximum Gasteiger partial charge on any atom is 0.109 e. The van der Waals surface area contributed by atoms with Crippen molar-refractivity contribution in [3.05, 3.63) is 66.1 Å². The molecule has 25 heavy (non-hydrogen) atoms. The zero-order valence-corrected chi connectivity index (χ0v) is 15.4. The minimum atomic E-state index is 0.197. The van der Waals surface area contributed by atoms with Gasteiger partial charge in [0.2, 0.25) is 0 Å². The number of fused-ring (bicyclic) bond motifs is 1. The van der Waals surface area contributed by atoms with Gasteiger partial charge in [-0.2, -0.15) is 0 Å². The zero-order valence-electron chi connectivity index (χ0n) is 15.4. The topological polar surface area (TPSA) is 17.8 Å². The lowest BCUT2D eigenvalue weighted by molar-refractivity contribution is 0.522. The number of imidazole rings is 1. The number of rotatable bonds is 2. The average molecular weight is 330 g/mol. The van der Waals surface area contributed by atoms with Crippen molar-refractivity contribution in [2.45, 2.75) is 52.0 Å². The molecule has 0 unspecified atom stereocenters. The summed E-state index contributed by atoms with van der Waals surface area (Å²) in [5.74, 6) is 1.24. The fourth-order valence-electron chi connectivity index (χ4n) is 3.55. The van der Waals surface area contributed by atoms with Gasteiger partial charge >= 0.3 is 0 Å². The average Bonchev–Trinajstić information content (AvgIpc) is 3.05. The summed E-state index contributed by atoms with van der Waals surface area (Å²) in [4.78, 5) is 4.83. The van der Waals surface area contributed by atoms with Gasteiger partial charge in [0.05, 0.1) is 5.69 Å². The maximum atomic E-state index is 4.83. The molecule has 2 aromatic carbocycles. The summed E-state index contributed by atoms with van der Waals surface area (Å²) in [7, 11) is 0. The van der Waals surface area contributed by atoms with Crippen LogP contribution in [0.4, 0.5) is 0 Å². The van der Waals surface area contributed by atoms with Crippen LogP contribution in [0.15, 0.2) is 54.7 Å². The number of hydrogen-bond donors (Lipinski definition) is 0. The molecule has 2 nitrogen and oxygen atoms in total. The second-order valence-electron chi connectivity index (χ2n) is 8.10. The summed E-state index contributed by atoms with van der Waals surface area (Å²) in [5.41, 5.74) is 6.40. The monoisotopic (exact) mass is 330 g/mol. The lowest BCUT2D eigenvalue weighted by Crippen LogP contribution is -2.10. The molecule has 0 saturated heterocycles. The Morgan fingerprint density at radius 3 is 2.00 bits per heavy atom. The van der Waals surface area contributed by atoms with E-state index in [4.69, 9.17) is 4.98 Å². The van der Waals surface area contributed by atoms with E-state index in [1.165, 1.54) is 40.9 Å². The molecule has 0 saturated carbocycles. The third-order valence-electron chi connectivity index (χ3n) is 5.17. The summed E-state index contributed by atoms with van der Waals surface area (Å²) in [5, 5.41) is 0. The fraction of sp³-hybridized carbons (Fsp3) is 0.348. The first kappa shape index (κ1) is 16.1. The maximum absolute atomic E-state index is 4.83. The van der Waals surface area contributed by atoms with Crippen molar-refractivity contribution in [3.8, 4) is 22.4 Å². The van der Waals surface area contributed by atoms with Gasteiger partial charge in [0.15, 0.2) is 0 Å². The summed E-state index contributed by atoms with van der Waals surface area (Å²) < 4.78 is 2.32. The molecular formula is C23H26N2. The third-order valence-corrected chi connectivity index (χ3v) is 5.17. The smallest absolute Gasteiger partial charge is 0.109 e. The van der Waals surface area contributed by atoms with Gasteiger partial charge in [0, 0.05) is 24.7 Å². The van der Waals surface area contributed by atoms with E-state index < -0.39 is 0 Å². The molecule has 0 spiro atoms. The number of hydrogen-bond acceptors (Lipinski definition) is 1. The molecule has 1 aromatic heterocycles. The molecule has 0 aliphatic carbocycles. The highest BCUT2D eigenvalue weighted by molar-refractivity contribution is 5.69. The van der Waals surface area contributed by atoms with E-state index in [-0.39, 0.29) is 5.41 Å². The van der Waals surface area contributed by atoms with E-state index in [1.807, 2.05) is 0 Å². The van der Waals surface area contributed by atoms with Crippen LogP contribution >= 0.6 is 0 Å². The van der Waals surface area contributed by atoms with Crippen LogP contribution in [0.5, 0.6) is 0 Å². The number of aryl methyl sites for hydroxylation is 2. The van der Waals surface area contributed by atoms with Crippen molar-refractivity contribution < 1.29 is 0 Å². The SMILES string of the molecule is CC(C)(C)c1ccc(-c2ccc(-c3cn4c(n3)CCCC4)cc2)cc1. The Balaban J connectivity index is 1.58. The second-order valence-corrected chi connectivity index (χ2v) is 8.10. The first-order valence-corrected chi connectivity index (χ1v) is 9.28. The Morgan fingerprint density at radius 1 is 0.800 bits per heavy atom. The van der Waals surface area contributed by atoms with E-state index in [1.54, 1.807) is 0 Å². The Kier molecular flexibility index (Phi) is 3.99. The molecule has 0 N–H and O–H groups in total. The van der Waals surface area contributed by atoms with Crippen LogP contribution < -0.4 is 0 Å². The molecule has 4 rings (SSSR count). The lowest BCUT2D eigenvalue weighted by Gasteiger charge is -2.19. The molecule has 0 amide bonds. The Hall–Kier alpha value is -2.35. The van der Waals surface area contributed by atoms with Gasteiger partial charge in [-0.3, -0.25) is 0 Å². The van der Waals surface area contributed by atoms with Crippen molar-refractivity contribution >= 4 is 0 Å². The van der Waals surface area contributed by atoms with Crippen molar-refractivity contribution in [1.82, 2.24) is 9.55 Å². The minimum absolute atomic E-state index is 0.197. The lowest BCUT2D eigenvalue weighted by atomic mass is 9.86. The van der Waals surface area contributed by atoms with E-state index >= 15 is 0 Å². The summed E-state index contributed by atoms with van der Waals surface area (Å²) in [6.07, 6.45) is 5.85. The van der Waals surface area contributed by atoms with Crippen LogP contribution in [0.25, 0.3) is 22.4 Å². The molecule has 128 valence electrons. The highest BCUT2D eigenvalue weighted by Crippen LogP contribution is 2.28. The van der Waals surface area contributed by atoms with Crippen molar-refractivity contribution in [1.29, 1.82) is 0 Å². The van der Waals surface area contributed by atoms with Crippen LogP contribution in [0.2, 0.25) is 0 Å². The van der Waals surface area contributed by atoms with Gasteiger partial charge in [-0.05, 0) is 34.9 Å². The van der Waals surface area contributed by atoms with Gasteiger partial charge in [-0.15, -0.1) is 0 Å². The number of nitrogens with zero attached hydrogens (tertiary/aromatic N) is 2. The second kappa shape index (κ2) is 6.18. The van der Waals surface area contributed by atoms with Crippen LogP contribution in [0.3, 0.4) is 0 Å². The molecule has 3 aromatic rings. The summed E-state index contributed by atoms with van der Waals surface area (Å²) in [6, 6.07) is 17.7. The Morgan fingerprint density at radius 2 is 1.40 bits per heavy atom. The molecule has 0 atom stereocenters. The van der Waals surface area contributed by atoms with Crippen molar-refractivity contribution in [2.24, 2.45) is 0 Å². The fourth-order valence-corrected chi connectivity index (χ4v) is 3.55. The van der Waals surface area contributed by atoms with E-state index in [0.717, 1.165) is 18.7 Å². The van der Waals surface area contributed by atoms with E-state index in [2.05, 4.69) is 80.1 Å². The largest absolute Gasteiger partial charge is 0.334 e. The predicted molar refractivity (Wildman–Crippen MR) is 105 cm³/mol.